The zero-order chi connectivity index (χ0) is 9.10. The molecule has 1 aromatic heterocycles. The monoisotopic (exact) mass is 193 g/mol. The zero-order valence-corrected chi connectivity index (χ0v) is 8.52. The van der Waals surface area contributed by atoms with Gasteiger partial charge < -0.3 is 5.73 Å². The highest BCUT2D eigenvalue weighted by Crippen LogP contribution is 2.21. The lowest BCUT2D eigenvalue weighted by molar-refractivity contribution is 0.617. The molecule has 70 valence electrons. The lowest BCUT2D eigenvalue weighted by Gasteiger charge is -2.17. The van der Waals surface area contributed by atoms with Crippen molar-refractivity contribution in [2.45, 2.75) is 31.7 Å². The highest BCUT2D eigenvalue weighted by atomic mass is 32.1. The molecule has 1 nitrogen and oxygen atoms in total. The summed E-state index contributed by atoms with van der Waals surface area (Å²) in [6.07, 6.45) is 7.02. The van der Waals surface area contributed by atoms with Gasteiger partial charge >= 0.3 is 0 Å². The molecule has 1 atom stereocenters. The summed E-state index contributed by atoms with van der Waals surface area (Å²) < 4.78 is 0. The third-order valence-corrected chi connectivity index (χ3v) is 3.23. The van der Waals surface area contributed by atoms with Crippen LogP contribution in [-0.2, 0) is 6.42 Å². The van der Waals surface area contributed by atoms with Gasteiger partial charge in [-0.3, -0.25) is 0 Å². The van der Waals surface area contributed by atoms with Gasteiger partial charge in [-0.1, -0.05) is 11.6 Å². The van der Waals surface area contributed by atoms with Crippen LogP contribution < -0.4 is 5.73 Å². The summed E-state index contributed by atoms with van der Waals surface area (Å²) in [6, 6.07) is 2.51. The van der Waals surface area contributed by atoms with E-state index in [1.807, 2.05) is 0 Å². The van der Waals surface area contributed by atoms with Crippen LogP contribution >= 0.6 is 11.3 Å². The Hall–Kier alpha value is -0.600. The van der Waals surface area contributed by atoms with E-state index < -0.39 is 0 Å². The summed E-state index contributed by atoms with van der Waals surface area (Å²) in [5, 5.41) is 4.36. The third kappa shape index (κ3) is 2.42. The Labute approximate surface area is 83.3 Å². The van der Waals surface area contributed by atoms with Crippen LogP contribution in [0.4, 0.5) is 0 Å². The van der Waals surface area contributed by atoms with Gasteiger partial charge in [0.25, 0.3) is 0 Å². The van der Waals surface area contributed by atoms with Gasteiger partial charge in [-0.05, 0) is 48.1 Å². The predicted molar refractivity (Wildman–Crippen MR) is 57.9 cm³/mol. The van der Waals surface area contributed by atoms with Gasteiger partial charge in [0.05, 0.1) is 0 Å². The van der Waals surface area contributed by atoms with Gasteiger partial charge in [-0.15, -0.1) is 0 Å². The summed E-state index contributed by atoms with van der Waals surface area (Å²) in [7, 11) is 0. The average molecular weight is 193 g/mol. The second-order valence-electron chi connectivity index (χ2n) is 3.69. The molecule has 1 aliphatic rings. The molecule has 0 aromatic carbocycles. The molecule has 0 spiro atoms. The van der Waals surface area contributed by atoms with Gasteiger partial charge in [0.1, 0.15) is 0 Å². The van der Waals surface area contributed by atoms with Crippen LogP contribution in [0.25, 0.3) is 0 Å². The number of hydrogen-bond donors (Lipinski definition) is 1. The quantitative estimate of drug-likeness (QED) is 0.718. The van der Waals surface area contributed by atoms with Gasteiger partial charge in [0.2, 0.25) is 0 Å². The van der Waals surface area contributed by atoms with E-state index in [4.69, 9.17) is 5.73 Å². The molecular weight excluding hydrogens is 178 g/mol. The SMILES string of the molecule is NC1C=C(Cc2ccsc2)CCC1. The first-order valence-electron chi connectivity index (χ1n) is 4.81. The van der Waals surface area contributed by atoms with E-state index in [-0.39, 0.29) is 0 Å². The summed E-state index contributed by atoms with van der Waals surface area (Å²) in [5.41, 5.74) is 8.84. The highest BCUT2D eigenvalue weighted by molar-refractivity contribution is 7.07. The fourth-order valence-corrected chi connectivity index (χ4v) is 2.51. The first-order chi connectivity index (χ1) is 6.34. The average Bonchev–Trinajstić information content (AvgIpc) is 2.57. The van der Waals surface area contributed by atoms with Crippen LogP contribution in [0.15, 0.2) is 28.5 Å². The molecule has 2 heteroatoms. The molecule has 1 unspecified atom stereocenters. The van der Waals surface area contributed by atoms with E-state index in [1.165, 1.54) is 24.0 Å². The molecule has 1 aromatic rings. The molecular formula is C11H15NS. The van der Waals surface area contributed by atoms with Crippen LogP contribution in [-0.4, -0.2) is 6.04 Å². The molecule has 0 aliphatic heterocycles. The van der Waals surface area contributed by atoms with E-state index in [0.29, 0.717) is 6.04 Å². The van der Waals surface area contributed by atoms with Crippen molar-refractivity contribution in [1.29, 1.82) is 0 Å². The number of hydrogen-bond acceptors (Lipinski definition) is 2. The van der Waals surface area contributed by atoms with Crippen molar-refractivity contribution in [3.8, 4) is 0 Å². The fraction of sp³-hybridized carbons (Fsp3) is 0.455. The maximum absolute atomic E-state index is 5.88. The van der Waals surface area contributed by atoms with Crippen molar-refractivity contribution in [3.63, 3.8) is 0 Å². The van der Waals surface area contributed by atoms with E-state index in [0.717, 1.165) is 12.8 Å². The van der Waals surface area contributed by atoms with Crippen LogP contribution in [0.2, 0.25) is 0 Å². The van der Waals surface area contributed by atoms with Crippen LogP contribution in [0.3, 0.4) is 0 Å². The number of nitrogens with two attached hydrogens (primary N) is 1. The van der Waals surface area contributed by atoms with Gasteiger partial charge in [-0.25, -0.2) is 0 Å². The highest BCUT2D eigenvalue weighted by Gasteiger charge is 2.09. The normalized spacial score (nSPS) is 22.8. The molecule has 0 saturated heterocycles. The van der Waals surface area contributed by atoms with Crippen LogP contribution in [0.5, 0.6) is 0 Å². The smallest absolute Gasteiger partial charge is 0.0226 e. The Morgan fingerprint density at radius 1 is 1.54 bits per heavy atom. The van der Waals surface area contributed by atoms with E-state index in [9.17, 15) is 0 Å². The van der Waals surface area contributed by atoms with Gasteiger partial charge in [0, 0.05) is 6.04 Å². The van der Waals surface area contributed by atoms with E-state index in [1.54, 1.807) is 11.3 Å². The molecule has 2 N–H and O–H groups in total. The molecule has 0 amide bonds. The second-order valence-corrected chi connectivity index (χ2v) is 4.47. The second kappa shape index (κ2) is 4.07. The minimum atomic E-state index is 0.308. The van der Waals surface area contributed by atoms with Gasteiger partial charge in [0.15, 0.2) is 0 Å². The molecule has 2 rings (SSSR count). The molecule has 0 saturated carbocycles. The topological polar surface area (TPSA) is 26.0 Å². The van der Waals surface area contributed by atoms with Crippen molar-refractivity contribution < 1.29 is 0 Å². The number of thiophene rings is 1. The van der Waals surface area contributed by atoms with Crippen molar-refractivity contribution >= 4 is 11.3 Å². The zero-order valence-electron chi connectivity index (χ0n) is 7.70. The first kappa shape index (κ1) is 8.97. The van der Waals surface area contributed by atoms with Crippen molar-refractivity contribution in [3.05, 3.63) is 34.0 Å². The first-order valence-corrected chi connectivity index (χ1v) is 5.75. The summed E-state index contributed by atoms with van der Waals surface area (Å²) in [6.45, 7) is 0. The van der Waals surface area contributed by atoms with E-state index in [2.05, 4.69) is 22.9 Å². The molecule has 0 radical (unpaired) electrons. The molecule has 13 heavy (non-hydrogen) atoms. The van der Waals surface area contributed by atoms with Crippen molar-refractivity contribution in [1.82, 2.24) is 0 Å². The predicted octanol–water partition coefficient (Wildman–Crippen LogP) is 2.73. The van der Waals surface area contributed by atoms with Crippen LogP contribution in [0.1, 0.15) is 24.8 Å². The maximum atomic E-state index is 5.88. The van der Waals surface area contributed by atoms with Crippen LogP contribution in [0, 0.1) is 0 Å². The third-order valence-electron chi connectivity index (χ3n) is 2.50. The fourth-order valence-electron chi connectivity index (χ4n) is 1.84. The summed E-state index contributed by atoms with van der Waals surface area (Å²) in [4.78, 5) is 0. The minimum absolute atomic E-state index is 0.308. The Kier molecular flexibility index (Phi) is 2.81. The maximum Gasteiger partial charge on any atom is 0.0226 e. The standard InChI is InChI=1S/C11H15NS/c12-11-3-1-2-9(7-11)6-10-4-5-13-8-10/h4-5,7-8,11H,1-3,6,12H2. The lowest BCUT2D eigenvalue weighted by Crippen LogP contribution is -2.20. The molecule has 0 fully saturated rings. The summed E-state index contributed by atoms with van der Waals surface area (Å²) in [5.74, 6) is 0. The number of rotatable bonds is 2. The minimum Gasteiger partial charge on any atom is -0.324 e. The molecule has 1 aliphatic carbocycles. The van der Waals surface area contributed by atoms with E-state index >= 15 is 0 Å². The Morgan fingerprint density at radius 2 is 2.46 bits per heavy atom. The van der Waals surface area contributed by atoms with Crippen molar-refractivity contribution in [2.24, 2.45) is 5.73 Å². The number of allylic oxidation sites excluding steroid dienone is 1. The van der Waals surface area contributed by atoms with Gasteiger partial charge in [-0.2, -0.15) is 11.3 Å². The Morgan fingerprint density at radius 3 is 3.15 bits per heavy atom. The Bertz CT molecular complexity index is 287. The molecule has 1 heterocycles. The van der Waals surface area contributed by atoms with Crippen molar-refractivity contribution in [2.75, 3.05) is 0 Å². The lowest BCUT2D eigenvalue weighted by atomic mass is 9.93. The Balaban J connectivity index is 2.02. The molecule has 0 bridgehead atoms. The summed E-state index contributed by atoms with van der Waals surface area (Å²) >= 11 is 1.77. The largest absolute Gasteiger partial charge is 0.324 e.